The maximum atomic E-state index is 12.0. The van der Waals surface area contributed by atoms with Gasteiger partial charge >= 0.3 is 6.09 Å². The minimum absolute atomic E-state index is 0.146. The summed E-state index contributed by atoms with van der Waals surface area (Å²) in [5, 5.41) is 3.04. The Morgan fingerprint density at radius 2 is 2.00 bits per heavy atom. The van der Waals surface area contributed by atoms with Crippen LogP contribution in [0, 0.1) is 5.92 Å². The molecule has 1 saturated heterocycles. The van der Waals surface area contributed by atoms with Gasteiger partial charge in [0.2, 0.25) is 0 Å². The Bertz CT molecular complexity index is 482. The summed E-state index contributed by atoms with van der Waals surface area (Å²) in [5.41, 5.74) is 0.860. The lowest BCUT2D eigenvalue weighted by atomic mass is 9.93. The van der Waals surface area contributed by atoms with Crippen LogP contribution in [0.15, 0.2) is 30.3 Å². The lowest BCUT2D eigenvalue weighted by molar-refractivity contribution is 0.0433. The molecule has 122 valence electrons. The molecular formula is C18H28N2O2. The largest absolute Gasteiger partial charge is 0.444 e. The second-order valence-corrected chi connectivity index (χ2v) is 7.24. The minimum atomic E-state index is -0.453. The zero-order chi connectivity index (χ0) is 16.2. The van der Waals surface area contributed by atoms with Crippen molar-refractivity contribution in [2.75, 3.05) is 13.1 Å². The molecule has 1 aliphatic rings. The van der Waals surface area contributed by atoms with Crippen molar-refractivity contribution in [3.63, 3.8) is 0 Å². The molecule has 1 aliphatic heterocycles. The van der Waals surface area contributed by atoms with E-state index < -0.39 is 5.60 Å². The Balaban J connectivity index is 1.89. The van der Waals surface area contributed by atoms with E-state index in [0.717, 1.165) is 26.1 Å². The number of amides is 1. The van der Waals surface area contributed by atoms with Crippen molar-refractivity contribution < 1.29 is 9.53 Å². The number of rotatable bonds is 3. The van der Waals surface area contributed by atoms with Gasteiger partial charge in [-0.1, -0.05) is 37.3 Å². The molecule has 2 rings (SSSR count). The number of hydrogen-bond acceptors (Lipinski definition) is 3. The van der Waals surface area contributed by atoms with Gasteiger partial charge in [-0.05, 0) is 45.2 Å². The van der Waals surface area contributed by atoms with Gasteiger partial charge in [-0.3, -0.25) is 4.90 Å². The van der Waals surface area contributed by atoms with Gasteiger partial charge in [0.15, 0.2) is 0 Å². The number of benzene rings is 1. The van der Waals surface area contributed by atoms with Gasteiger partial charge in [-0.2, -0.15) is 0 Å². The van der Waals surface area contributed by atoms with Crippen molar-refractivity contribution in [2.24, 2.45) is 5.92 Å². The fourth-order valence-electron chi connectivity index (χ4n) is 2.77. The molecule has 2 unspecified atom stereocenters. The molecule has 22 heavy (non-hydrogen) atoms. The summed E-state index contributed by atoms with van der Waals surface area (Å²) in [6, 6.07) is 10.6. The summed E-state index contributed by atoms with van der Waals surface area (Å²) >= 11 is 0. The van der Waals surface area contributed by atoms with E-state index in [0.29, 0.717) is 5.92 Å². The van der Waals surface area contributed by atoms with Crippen LogP contribution in [0.3, 0.4) is 0 Å². The summed E-state index contributed by atoms with van der Waals surface area (Å²) in [7, 11) is 0. The van der Waals surface area contributed by atoms with Gasteiger partial charge < -0.3 is 10.1 Å². The zero-order valence-corrected chi connectivity index (χ0v) is 14.1. The first-order valence-corrected chi connectivity index (χ1v) is 8.09. The number of carbonyl (C=O) groups excluding carboxylic acids is 1. The number of nitrogens with one attached hydrogen (secondary N) is 1. The van der Waals surface area contributed by atoms with E-state index in [-0.39, 0.29) is 12.1 Å². The average Bonchev–Trinajstić information content (AvgIpc) is 2.41. The zero-order valence-electron chi connectivity index (χ0n) is 14.1. The van der Waals surface area contributed by atoms with Gasteiger partial charge in [0.1, 0.15) is 5.60 Å². The molecule has 0 radical (unpaired) electrons. The van der Waals surface area contributed by atoms with E-state index in [1.54, 1.807) is 0 Å². The van der Waals surface area contributed by atoms with Crippen molar-refractivity contribution in [1.82, 2.24) is 10.2 Å². The van der Waals surface area contributed by atoms with Crippen LogP contribution < -0.4 is 5.32 Å². The Hall–Kier alpha value is -1.55. The topological polar surface area (TPSA) is 41.6 Å². The highest BCUT2D eigenvalue weighted by Gasteiger charge is 2.29. The molecule has 0 spiro atoms. The van der Waals surface area contributed by atoms with Crippen LogP contribution in [0.25, 0.3) is 0 Å². The molecule has 1 amide bonds. The van der Waals surface area contributed by atoms with E-state index >= 15 is 0 Å². The monoisotopic (exact) mass is 304 g/mol. The van der Waals surface area contributed by atoms with Crippen LogP contribution in [0.1, 0.15) is 39.7 Å². The molecule has 4 heteroatoms. The Labute approximate surface area is 133 Å². The molecule has 0 aliphatic carbocycles. The van der Waals surface area contributed by atoms with Crippen molar-refractivity contribution in [2.45, 2.75) is 52.3 Å². The molecule has 0 bridgehead atoms. The summed E-state index contributed by atoms with van der Waals surface area (Å²) in [6.07, 6.45) is 0.777. The number of carbonyl (C=O) groups is 1. The number of ether oxygens (including phenoxy) is 1. The van der Waals surface area contributed by atoms with Crippen LogP contribution in [0.5, 0.6) is 0 Å². The number of alkyl carbamates (subject to hydrolysis) is 1. The van der Waals surface area contributed by atoms with Crippen LogP contribution in [-0.2, 0) is 11.3 Å². The van der Waals surface area contributed by atoms with Gasteiger partial charge in [0, 0.05) is 19.1 Å². The Kier molecular flexibility index (Phi) is 5.46. The molecule has 1 N–H and O–H groups in total. The second-order valence-electron chi connectivity index (χ2n) is 7.24. The molecule has 4 nitrogen and oxygen atoms in total. The van der Waals surface area contributed by atoms with E-state index in [1.165, 1.54) is 5.56 Å². The predicted molar refractivity (Wildman–Crippen MR) is 88.7 cm³/mol. The fourth-order valence-corrected chi connectivity index (χ4v) is 2.77. The second kappa shape index (κ2) is 7.14. The third-order valence-electron chi connectivity index (χ3n) is 3.99. The van der Waals surface area contributed by atoms with Crippen LogP contribution in [0.4, 0.5) is 4.79 Å². The third-order valence-corrected chi connectivity index (χ3v) is 3.99. The van der Waals surface area contributed by atoms with Gasteiger partial charge in [-0.25, -0.2) is 4.79 Å². The molecule has 1 aromatic carbocycles. The first kappa shape index (κ1) is 16.8. The van der Waals surface area contributed by atoms with E-state index in [4.69, 9.17) is 4.74 Å². The SMILES string of the molecule is CC1CCN(Cc2ccccc2)CC1NC(=O)OC(C)(C)C. The van der Waals surface area contributed by atoms with Crippen LogP contribution >= 0.6 is 0 Å². The van der Waals surface area contributed by atoms with Crippen molar-refractivity contribution >= 4 is 6.09 Å². The van der Waals surface area contributed by atoms with E-state index in [9.17, 15) is 4.79 Å². The average molecular weight is 304 g/mol. The van der Waals surface area contributed by atoms with Gasteiger partial charge in [0.05, 0.1) is 0 Å². The van der Waals surface area contributed by atoms with Crippen LogP contribution in [-0.4, -0.2) is 35.7 Å². The summed E-state index contributed by atoms with van der Waals surface area (Å²) in [4.78, 5) is 14.4. The maximum absolute atomic E-state index is 12.0. The quantitative estimate of drug-likeness (QED) is 0.930. The third kappa shape index (κ3) is 5.34. The lowest BCUT2D eigenvalue weighted by Gasteiger charge is -2.37. The van der Waals surface area contributed by atoms with Gasteiger partial charge in [-0.15, -0.1) is 0 Å². The smallest absolute Gasteiger partial charge is 0.407 e. The number of hydrogen-bond donors (Lipinski definition) is 1. The summed E-state index contributed by atoms with van der Waals surface area (Å²) < 4.78 is 5.37. The predicted octanol–water partition coefficient (Wildman–Crippen LogP) is 3.42. The maximum Gasteiger partial charge on any atom is 0.407 e. The van der Waals surface area contributed by atoms with Crippen LogP contribution in [0.2, 0.25) is 0 Å². The van der Waals surface area contributed by atoms with Gasteiger partial charge in [0.25, 0.3) is 0 Å². The Morgan fingerprint density at radius 3 is 2.64 bits per heavy atom. The molecule has 0 aromatic heterocycles. The normalized spacial score (nSPS) is 23.1. The highest BCUT2D eigenvalue weighted by atomic mass is 16.6. The van der Waals surface area contributed by atoms with Crippen molar-refractivity contribution in [3.8, 4) is 0 Å². The minimum Gasteiger partial charge on any atom is -0.444 e. The molecule has 1 fully saturated rings. The highest BCUT2D eigenvalue weighted by Crippen LogP contribution is 2.19. The highest BCUT2D eigenvalue weighted by molar-refractivity contribution is 5.68. The first-order chi connectivity index (χ1) is 10.3. The molecule has 0 saturated carbocycles. The standard InChI is InChI=1S/C18H28N2O2/c1-14-10-11-20(12-15-8-6-5-7-9-15)13-16(14)19-17(21)22-18(2,3)4/h5-9,14,16H,10-13H2,1-4H3,(H,19,21). The Morgan fingerprint density at radius 1 is 1.32 bits per heavy atom. The number of piperidine rings is 1. The first-order valence-electron chi connectivity index (χ1n) is 8.09. The molecule has 2 atom stereocenters. The molecular weight excluding hydrogens is 276 g/mol. The fraction of sp³-hybridized carbons (Fsp3) is 0.611. The molecule has 1 heterocycles. The van der Waals surface area contributed by atoms with Crippen molar-refractivity contribution in [1.29, 1.82) is 0 Å². The number of likely N-dealkylation sites (tertiary alicyclic amines) is 1. The number of nitrogens with zero attached hydrogens (tertiary/aromatic N) is 1. The van der Waals surface area contributed by atoms with E-state index in [2.05, 4.69) is 41.4 Å². The summed E-state index contributed by atoms with van der Waals surface area (Å²) in [5.74, 6) is 0.472. The molecule has 1 aromatic rings. The summed E-state index contributed by atoms with van der Waals surface area (Å²) in [6.45, 7) is 10.7. The lowest BCUT2D eigenvalue weighted by Crippen LogP contribution is -2.52. The van der Waals surface area contributed by atoms with Crippen molar-refractivity contribution in [3.05, 3.63) is 35.9 Å². The van der Waals surface area contributed by atoms with E-state index in [1.807, 2.05) is 26.8 Å².